The lowest BCUT2D eigenvalue weighted by molar-refractivity contribution is 0.399. The molecule has 4 heteroatoms. The van der Waals surface area contributed by atoms with Gasteiger partial charge in [-0.3, -0.25) is 0 Å². The number of aromatic nitrogens is 2. The van der Waals surface area contributed by atoms with Gasteiger partial charge in [-0.15, -0.1) is 0 Å². The number of rotatable bonds is 5. The number of fused-ring (bicyclic) bond motifs is 1. The summed E-state index contributed by atoms with van der Waals surface area (Å²) in [6.45, 7) is 0. The molecule has 1 aromatic heterocycles. The van der Waals surface area contributed by atoms with E-state index in [2.05, 4.69) is 41.4 Å². The van der Waals surface area contributed by atoms with Crippen LogP contribution in [0.1, 0.15) is 0 Å². The lowest BCUT2D eigenvalue weighted by Crippen LogP contribution is -1.94. The third kappa shape index (κ3) is 3.32. The predicted molar refractivity (Wildman–Crippen MR) is 126 cm³/mol. The Labute approximate surface area is 181 Å². The van der Waals surface area contributed by atoms with Gasteiger partial charge in [-0.2, -0.15) is 0 Å². The van der Waals surface area contributed by atoms with Crippen LogP contribution in [0.4, 0.5) is 0 Å². The summed E-state index contributed by atoms with van der Waals surface area (Å²) in [5, 5.41) is 2.03. The van der Waals surface area contributed by atoms with Crippen molar-refractivity contribution in [2.75, 3.05) is 14.2 Å². The van der Waals surface area contributed by atoms with Crippen molar-refractivity contribution in [3.8, 4) is 45.4 Å². The Morgan fingerprint density at radius 1 is 0.645 bits per heavy atom. The summed E-state index contributed by atoms with van der Waals surface area (Å²) in [4.78, 5) is 8.65. The van der Waals surface area contributed by atoms with Crippen LogP contribution in [0.2, 0.25) is 0 Å². The normalized spacial score (nSPS) is 10.9. The molecule has 0 bridgehead atoms. The third-order valence-electron chi connectivity index (χ3n) is 5.46. The van der Waals surface area contributed by atoms with Crippen LogP contribution in [0.15, 0.2) is 91.0 Å². The van der Waals surface area contributed by atoms with E-state index in [0.29, 0.717) is 5.75 Å². The fourth-order valence-corrected chi connectivity index (χ4v) is 4.00. The van der Waals surface area contributed by atoms with E-state index in [1.165, 1.54) is 0 Å². The second-order valence-corrected chi connectivity index (χ2v) is 7.24. The molecular formula is C27H22N2O2. The first-order valence-corrected chi connectivity index (χ1v) is 10.1. The van der Waals surface area contributed by atoms with Crippen molar-refractivity contribution in [3.63, 3.8) is 0 Å². The first-order chi connectivity index (χ1) is 15.3. The van der Waals surface area contributed by atoms with Crippen LogP contribution in [-0.2, 0) is 0 Å². The molecule has 0 aliphatic rings. The fraction of sp³-hybridized carbons (Fsp3) is 0.0741. The van der Waals surface area contributed by atoms with Gasteiger partial charge in [-0.1, -0.05) is 84.9 Å². The Morgan fingerprint density at radius 2 is 1.23 bits per heavy atom. The van der Waals surface area contributed by atoms with Gasteiger partial charge >= 0.3 is 0 Å². The maximum Gasteiger partial charge on any atom is 0.142 e. The Hall–Kier alpha value is -4.05. The second-order valence-electron chi connectivity index (χ2n) is 7.24. The van der Waals surface area contributed by atoms with Gasteiger partial charge in [0.1, 0.15) is 17.3 Å². The number of benzene rings is 4. The van der Waals surface area contributed by atoms with Crippen LogP contribution in [0.25, 0.3) is 44.7 Å². The highest BCUT2D eigenvalue weighted by atomic mass is 16.5. The highest BCUT2D eigenvalue weighted by Crippen LogP contribution is 2.43. The summed E-state index contributed by atoms with van der Waals surface area (Å²) in [5.74, 6) is 2.24. The Kier molecular flexibility index (Phi) is 4.89. The summed E-state index contributed by atoms with van der Waals surface area (Å²) in [6, 6.07) is 30.6. The summed E-state index contributed by atoms with van der Waals surface area (Å²) < 4.78 is 11.4. The van der Waals surface area contributed by atoms with E-state index in [4.69, 9.17) is 14.5 Å². The minimum atomic E-state index is 0.712. The SMILES string of the molecule is COc1cc(OC)c2ccccc2c1-c1nc(-c2ccccc2)c(-c2ccccc2)[nH]1. The molecule has 4 aromatic carbocycles. The average molecular weight is 406 g/mol. The molecule has 0 saturated carbocycles. The molecule has 5 aromatic rings. The molecule has 4 nitrogen and oxygen atoms in total. The summed E-state index contributed by atoms with van der Waals surface area (Å²) >= 11 is 0. The van der Waals surface area contributed by atoms with Crippen molar-refractivity contribution in [2.24, 2.45) is 0 Å². The third-order valence-corrected chi connectivity index (χ3v) is 5.46. The number of imidazole rings is 1. The van der Waals surface area contributed by atoms with Gasteiger partial charge in [0.2, 0.25) is 0 Å². The van der Waals surface area contributed by atoms with Crippen LogP contribution in [-0.4, -0.2) is 24.2 Å². The highest BCUT2D eigenvalue weighted by Gasteiger charge is 2.21. The first-order valence-electron chi connectivity index (χ1n) is 10.1. The van der Waals surface area contributed by atoms with Crippen molar-refractivity contribution in [3.05, 3.63) is 91.0 Å². The fourth-order valence-electron chi connectivity index (χ4n) is 4.00. The zero-order valence-corrected chi connectivity index (χ0v) is 17.4. The number of nitrogens with zero attached hydrogens (tertiary/aromatic N) is 1. The van der Waals surface area contributed by atoms with E-state index in [1.807, 2.05) is 54.6 Å². The molecule has 1 heterocycles. The molecule has 0 fully saturated rings. The first kappa shape index (κ1) is 18.9. The highest BCUT2D eigenvalue weighted by molar-refractivity contribution is 6.02. The molecule has 0 amide bonds. The Morgan fingerprint density at radius 3 is 1.87 bits per heavy atom. The number of ether oxygens (including phenoxy) is 2. The standard InChI is InChI=1S/C27H22N2O2/c1-30-22-17-23(31-2)24(21-16-10-9-15-20(21)22)27-28-25(18-11-5-3-6-12-18)26(29-27)19-13-7-4-8-14-19/h3-17H,1-2H3,(H,28,29). The molecular weight excluding hydrogens is 384 g/mol. The maximum atomic E-state index is 5.77. The molecule has 0 saturated heterocycles. The van der Waals surface area contributed by atoms with E-state index < -0.39 is 0 Å². The van der Waals surface area contributed by atoms with Crippen LogP contribution in [0.3, 0.4) is 0 Å². The minimum Gasteiger partial charge on any atom is -0.496 e. The van der Waals surface area contributed by atoms with E-state index in [9.17, 15) is 0 Å². The number of methoxy groups -OCH3 is 2. The van der Waals surface area contributed by atoms with E-state index in [0.717, 1.165) is 50.4 Å². The van der Waals surface area contributed by atoms with Crippen LogP contribution in [0.5, 0.6) is 11.5 Å². The summed E-state index contributed by atoms with van der Waals surface area (Å²) in [6.07, 6.45) is 0. The van der Waals surface area contributed by atoms with Crippen molar-refractivity contribution < 1.29 is 9.47 Å². The molecule has 1 N–H and O–H groups in total. The van der Waals surface area contributed by atoms with Gasteiger partial charge in [0.05, 0.1) is 31.2 Å². The molecule has 0 atom stereocenters. The molecule has 0 radical (unpaired) electrons. The number of aromatic amines is 1. The van der Waals surface area contributed by atoms with Gasteiger partial charge in [-0.25, -0.2) is 4.98 Å². The quantitative estimate of drug-likeness (QED) is 0.358. The number of hydrogen-bond donors (Lipinski definition) is 1. The second kappa shape index (κ2) is 8.00. The van der Waals surface area contributed by atoms with Gasteiger partial charge in [0.15, 0.2) is 0 Å². The molecule has 0 aliphatic heterocycles. The minimum absolute atomic E-state index is 0.712. The number of nitrogens with one attached hydrogen (secondary N) is 1. The van der Waals surface area contributed by atoms with E-state index in [-0.39, 0.29) is 0 Å². The largest absolute Gasteiger partial charge is 0.496 e. The average Bonchev–Trinajstić information content (AvgIpc) is 3.29. The molecule has 5 rings (SSSR count). The van der Waals surface area contributed by atoms with Gasteiger partial charge < -0.3 is 14.5 Å². The smallest absolute Gasteiger partial charge is 0.142 e. The van der Waals surface area contributed by atoms with E-state index >= 15 is 0 Å². The predicted octanol–water partition coefficient (Wildman–Crippen LogP) is 6.58. The lowest BCUT2D eigenvalue weighted by atomic mass is 10.0. The van der Waals surface area contributed by atoms with E-state index in [1.54, 1.807) is 14.2 Å². The zero-order chi connectivity index (χ0) is 21.2. The molecule has 0 spiro atoms. The summed E-state index contributed by atoms with van der Waals surface area (Å²) in [7, 11) is 3.35. The zero-order valence-electron chi connectivity index (χ0n) is 17.4. The van der Waals surface area contributed by atoms with Crippen molar-refractivity contribution in [1.82, 2.24) is 9.97 Å². The van der Waals surface area contributed by atoms with Crippen molar-refractivity contribution in [1.29, 1.82) is 0 Å². The number of hydrogen-bond acceptors (Lipinski definition) is 3. The molecule has 31 heavy (non-hydrogen) atoms. The summed E-state index contributed by atoms with van der Waals surface area (Å²) in [5.41, 5.74) is 4.93. The Bertz CT molecular complexity index is 1290. The van der Waals surface area contributed by atoms with Crippen LogP contribution >= 0.6 is 0 Å². The van der Waals surface area contributed by atoms with Gasteiger partial charge in [-0.05, 0) is 0 Å². The van der Waals surface area contributed by atoms with Crippen molar-refractivity contribution >= 4 is 10.8 Å². The van der Waals surface area contributed by atoms with Gasteiger partial charge in [0.25, 0.3) is 0 Å². The lowest BCUT2D eigenvalue weighted by Gasteiger charge is -2.13. The van der Waals surface area contributed by atoms with Crippen LogP contribution < -0.4 is 9.47 Å². The van der Waals surface area contributed by atoms with Crippen molar-refractivity contribution in [2.45, 2.75) is 0 Å². The number of H-pyrrole nitrogens is 1. The monoisotopic (exact) mass is 406 g/mol. The van der Waals surface area contributed by atoms with Gasteiger partial charge in [0, 0.05) is 28.0 Å². The maximum absolute atomic E-state index is 5.77. The molecule has 152 valence electrons. The molecule has 0 aliphatic carbocycles. The Balaban J connectivity index is 1.81. The topological polar surface area (TPSA) is 47.1 Å². The van der Waals surface area contributed by atoms with Crippen LogP contribution in [0, 0.1) is 0 Å². The molecule has 0 unspecified atom stereocenters.